The number of carboxylic acid groups (broad SMARTS) is 1. The molecule has 110 valence electrons. The Morgan fingerprint density at radius 3 is 2.45 bits per heavy atom. The van der Waals surface area contributed by atoms with Gasteiger partial charge in [-0.3, -0.25) is 4.90 Å². The first-order chi connectivity index (χ1) is 9.17. The molecule has 1 saturated carbocycles. The summed E-state index contributed by atoms with van der Waals surface area (Å²) in [6, 6.07) is 5.64. The molecule has 0 aliphatic heterocycles. The minimum absolute atomic E-state index is 0.0577. The van der Waals surface area contributed by atoms with Crippen LogP contribution in [0.15, 0.2) is 18.2 Å². The molecule has 1 fully saturated rings. The number of aryl methyl sites for hydroxylation is 1. The lowest BCUT2D eigenvalue weighted by molar-refractivity contribution is 0.0629. The molecule has 0 radical (unpaired) electrons. The quantitative estimate of drug-likeness (QED) is 0.877. The average molecular weight is 296 g/mol. The van der Waals surface area contributed by atoms with Crippen molar-refractivity contribution >= 4 is 17.7 Å². The molecule has 0 atom stereocenters. The Morgan fingerprint density at radius 1 is 1.40 bits per heavy atom. The lowest BCUT2D eigenvalue weighted by Crippen LogP contribution is -2.48. The van der Waals surface area contributed by atoms with E-state index >= 15 is 0 Å². The Bertz CT molecular complexity index is 530. The first-order valence-electron chi connectivity index (χ1n) is 6.93. The van der Waals surface area contributed by atoms with Crippen LogP contribution >= 0.6 is 11.6 Å². The van der Waals surface area contributed by atoms with Crippen LogP contribution in [-0.2, 0) is 6.54 Å². The molecule has 0 spiro atoms. The number of rotatable bonds is 3. The summed E-state index contributed by atoms with van der Waals surface area (Å²) < 4.78 is 0. The maximum absolute atomic E-state index is 11.7. The molecule has 0 saturated heterocycles. The summed E-state index contributed by atoms with van der Waals surface area (Å²) in [6.45, 7) is 8.73. The Balaban J connectivity index is 2.32. The summed E-state index contributed by atoms with van der Waals surface area (Å²) in [5.41, 5.74) is 1.76. The zero-order valence-electron chi connectivity index (χ0n) is 12.5. The van der Waals surface area contributed by atoms with Gasteiger partial charge in [-0.15, -0.1) is 0 Å². The Morgan fingerprint density at radius 2 is 2.00 bits per heavy atom. The fourth-order valence-corrected chi connectivity index (χ4v) is 3.12. The lowest BCUT2D eigenvalue weighted by Gasteiger charge is -2.39. The molecule has 1 amide bonds. The van der Waals surface area contributed by atoms with Crippen LogP contribution in [0, 0.1) is 12.3 Å². The lowest BCUT2D eigenvalue weighted by atomic mass is 9.82. The normalized spacial score (nSPS) is 16.9. The fraction of sp³-hybridized carbons (Fsp3) is 0.562. The van der Waals surface area contributed by atoms with Crippen LogP contribution in [0.4, 0.5) is 4.79 Å². The van der Waals surface area contributed by atoms with Gasteiger partial charge in [0, 0.05) is 11.6 Å². The standard InChI is InChI=1S/C16H22ClNO2/c1-11-5-6-13(17)9-12(11)10-18(14(19)20)16(7-8-16)15(2,3)4/h5-6,9H,7-8,10H2,1-4H3,(H,19,20). The van der Waals surface area contributed by atoms with Gasteiger partial charge in [-0.1, -0.05) is 38.4 Å². The summed E-state index contributed by atoms with van der Waals surface area (Å²) in [6.07, 6.45) is 1.02. The van der Waals surface area contributed by atoms with Crippen LogP contribution in [-0.4, -0.2) is 21.6 Å². The fourth-order valence-electron chi connectivity index (χ4n) is 2.93. The minimum Gasteiger partial charge on any atom is -0.465 e. The van der Waals surface area contributed by atoms with Crippen molar-refractivity contribution < 1.29 is 9.90 Å². The van der Waals surface area contributed by atoms with Gasteiger partial charge < -0.3 is 5.11 Å². The molecular weight excluding hydrogens is 274 g/mol. The summed E-state index contributed by atoms with van der Waals surface area (Å²) in [5, 5.41) is 10.3. The molecule has 0 bridgehead atoms. The highest BCUT2D eigenvalue weighted by Gasteiger charge is 2.57. The van der Waals surface area contributed by atoms with Gasteiger partial charge in [0.2, 0.25) is 0 Å². The van der Waals surface area contributed by atoms with Crippen molar-refractivity contribution in [1.29, 1.82) is 0 Å². The third-order valence-corrected chi connectivity index (χ3v) is 4.74. The highest BCUT2D eigenvalue weighted by molar-refractivity contribution is 6.30. The van der Waals surface area contributed by atoms with Crippen LogP contribution in [0.1, 0.15) is 44.7 Å². The molecular formula is C16H22ClNO2. The SMILES string of the molecule is Cc1ccc(Cl)cc1CN(C(=O)O)C1(C(C)(C)C)CC1. The van der Waals surface area contributed by atoms with Crippen molar-refractivity contribution in [2.75, 3.05) is 0 Å². The van der Waals surface area contributed by atoms with Crippen LogP contribution < -0.4 is 0 Å². The van der Waals surface area contributed by atoms with Gasteiger partial charge in [-0.2, -0.15) is 0 Å². The van der Waals surface area contributed by atoms with Crippen LogP contribution in [0.5, 0.6) is 0 Å². The smallest absolute Gasteiger partial charge is 0.408 e. The van der Waals surface area contributed by atoms with E-state index in [9.17, 15) is 9.90 Å². The van der Waals surface area contributed by atoms with E-state index in [0.717, 1.165) is 24.0 Å². The van der Waals surface area contributed by atoms with E-state index in [2.05, 4.69) is 20.8 Å². The van der Waals surface area contributed by atoms with E-state index in [4.69, 9.17) is 11.6 Å². The van der Waals surface area contributed by atoms with E-state index in [1.807, 2.05) is 25.1 Å². The molecule has 2 rings (SSSR count). The zero-order chi connectivity index (χ0) is 15.1. The van der Waals surface area contributed by atoms with Crippen molar-refractivity contribution in [2.24, 2.45) is 5.41 Å². The number of hydrogen-bond acceptors (Lipinski definition) is 1. The molecule has 20 heavy (non-hydrogen) atoms. The van der Waals surface area contributed by atoms with Crippen LogP contribution in [0.2, 0.25) is 5.02 Å². The largest absolute Gasteiger partial charge is 0.465 e. The summed E-state index contributed by atoms with van der Waals surface area (Å²) in [7, 11) is 0. The first-order valence-corrected chi connectivity index (χ1v) is 7.31. The van der Waals surface area contributed by atoms with Gasteiger partial charge in [0.05, 0.1) is 5.54 Å². The number of benzene rings is 1. The maximum atomic E-state index is 11.7. The van der Waals surface area contributed by atoms with Crippen LogP contribution in [0.3, 0.4) is 0 Å². The predicted molar refractivity (Wildman–Crippen MR) is 81.2 cm³/mol. The van der Waals surface area contributed by atoms with Gasteiger partial charge in [0.25, 0.3) is 0 Å². The van der Waals surface area contributed by atoms with E-state index in [1.165, 1.54) is 0 Å². The van der Waals surface area contributed by atoms with Crippen molar-refractivity contribution in [1.82, 2.24) is 4.90 Å². The Kier molecular flexibility index (Phi) is 3.76. The maximum Gasteiger partial charge on any atom is 0.408 e. The Hall–Kier alpha value is -1.22. The average Bonchev–Trinajstić information content (AvgIpc) is 3.10. The van der Waals surface area contributed by atoms with Gasteiger partial charge in [0.15, 0.2) is 0 Å². The summed E-state index contributed by atoms with van der Waals surface area (Å²) in [5.74, 6) is 0. The molecule has 3 nitrogen and oxygen atoms in total. The van der Waals surface area contributed by atoms with Crippen molar-refractivity contribution in [3.63, 3.8) is 0 Å². The number of amides is 1. The predicted octanol–water partition coefficient (Wildman–Crippen LogP) is 4.71. The highest BCUT2D eigenvalue weighted by Crippen LogP contribution is 2.54. The van der Waals surface area contributed by atoms with Gasteiger partial charge in [0.1, 0.15) is 0 Å². The molecule has 0 heterocycles. The minimum atomic E-state index is -0.850. The molecule has 0 aromatic heterocycles. The van der Waals surface area contributed by atoms with Crippen molar-refractivity contribution in [2.45, 2.75) is 52.6 Å². The number of hydrogen-bond donors (Lipinski definition) is 1. The number of carbonyl (C=O) groups is 1. The molecule has 1 aliphatic rings. The van der Waals surface area contributed by atoms with Gasteiger partial charge in [-0.05, 0) is 48.4 Å². The second kappa shape index (κ2) is 4.96. The van der Waals surface area contributed by atoms with E-state index in [0.29, 0.717) is 11.6 Å². The molecule has 1 N–H and O–H groups in total. The number of halogens is 1. The van der Waals surface area contributed by atoms with E-state index < -0.39 is 6.09 Å². The number of nitrogens with zero attached hydrogens (tertiary/aromatic N) is 1. The summed E-state index contributed by atoms with van der Waals surface area (Å²) in [4.78, 5) is 13.3. The third kappa shape index (κ3) is 2.64. The van der Waals surface area contributed by atoms with E-state index in [-0.39, 0.29) is 11.0 Å². The molecule has 4 heteroatoms. The van der Waals surface area contributed by atoms with E-state index in [1.54, 1.807) is 4.90 Å². The Labute approximate surface area is 125 Å². The molecule has 1 aromatic rings. The molecule has 0 unspecified atom stereocenters. The summed E-state index contributed by atoms with van der Waals surface area (Å²) >= 11 is 6.03. The highest BCUT2D eigenvalue weighted by atomic mass is 35.5. The van der Waals surface area contributed by atoms with Crippen molar-refractivity contribution in [3.8, 4) is 0 Å². The van der Waals surface area contributed by atoms with Gasteiger partial charge >= 0.3 is 6.09 Å². The second-order valence-electron chi connectivity index (χ2n) is 6.72. The second-order valence-corrected chi connectivity index (χ2v) is 7.16. The topological polar surface area (TPSA) is 40.5 Å². The molecule has 1 aromatic carbocycles. The first kappa shape index (κ1) is 15.2. The van der Waals surface area contributed by atoms with Gasteiger partial charge in [-0.25, -0.2) is 4.79 Å². The monoisotopic (exact) mass is 295 g/mol. The third-order valence-electron chi connectivity index (χ3n) is 4.51. The zero-order valence-corrected chi connectivity index (χ0v) is 13.3. The van der Waals surface area contributed by atoms with Crippen molar-refractivity contribution in [3.05, 3.63) is 34.3 Å². The van der Waals surface area contributed by atoms with Crippen LogP contribution in [0.25, 0.3) is 0 Å². The molecule has 1 aliphatic carbocycles.